The molecule has 0 fully saturated rings. The summed E-state index contributed by atoms with van der Waals surface area (Å²) in [6.07, 6.45) is 9.27. The van der Waals surface area contributed by atoms with Crippen LogP contribution in [0, 0.1) is 0 Å². The standard InChI is InChI=1S/C24H27Br3O3/c1-28-14-30-24-20(27)13-16-7-3-5-9-18(16)22(24)21-17-8-4-2-6-15(17)12-19(26)23(21)29-11-10-25/h12-13H,2-11,14H2,1H3. The third-order valence-electron chi connectivity index (χ3n) is 6.01. The van der Waals surface area contributed by atoms with Crippen LogP contribution < -0.4 is 9.47 Å². The summed E-state index contributed by atoms with van der Waals surface area (Å²) in [4.78, 5) is 0. The molecule has 162 valence electrons. The van der Waals surface area contributed by atoms with Crippen molar-refractivity contribution in [2.75, 3.05) is 25.8 Å². The van der Waals surface area contributed by atoms with E-state index in [2.05, 4.69) is 59.9 Å². The van der Waals surface area contributed by atoms with E-state index in [1.54, 1.807) is 7.11 Å². The first-order chi connectivity index (χ1) is 14.7. The van der Waals surface area contributed by atoms with Crippen LogP contribution in [0.5, 0.6) is 11.5 Å². The van der Waals surface area contributed by atoms with Gasteiger partial charge >= 0.3 is 0 Å². The minimum absolute atomic E-state index is 0.220. The third kappa shape index (κ3) is 4.48. The van der Waals surface area contributed by atoms with Gasteiger partial charge < -0.3 is 14.2 Å². The number of hydrogen-bond donors (Lipinski definition) is 0. The number of halogens is 3. The molecule has 0 unspecified atom stereocenters. The fourth-order valence-corrected chi connectivity index (χ4v) is 6.11. The summed E-state index contributed by atoms with van der Waals surface area (Å²) in [5, 5.41) is 0.791. The van der Waals surface area contributed by atoms with Crippen molar-refractivity contribution in [2.45, 2.75) is 51.4 Å². The van der Waals surface area contributed by atoms with Gasteiger partial charge in [0.15, 0.2) is 6.79 Å². The van der Waals surface area contributed by atoms with Crippen molar-refractivity contribution in [3.8, 4) is 22.6 Å². The molecule has 0 aliphatic heterocycles. The molecule has 0 saturated carbocycles. The maximum atomic E-state index is 6.33. The van der Waals surface area contributed by atoms with Gasteiger partial charge in [-0.2, -0.15) is 0 Å². The molecule has 0 bridgehead atoms. The molecule has 0 saturated heterocycles. The third-order valence-corrected chi connectivity index (χ3v) is 7.51. The van der Waals surface area contributed by atoms with Gasteiger partial charge in [0.1, 0.15) is 11.5 Å². The van der Waals surface area contributed by atoms with E-state index in [0.29, 0.717) is 6.61 Å². The Bertz CT molecular complexity index is 851. The second kappa shape index (κ2) is 10.4. The van der Waals surface area contributed by atoms with Crippen molar-refractivity contribution >= 4 is 47.8 Å². The highest BCUT2D eigenvalue weighted by molar-refractivity contribution is 9.11. The van der Waals surface area contributed by atoms with Crippen molar-refractivity contribution < 1.29 is 14.2 Å². The lowest BCUT2D eigenvalue weighted by Gasteiger charge is -2.29. The average Bonchev–Trinajstić information content (AvgIpc) is 2.76. The zero-order chi connectivity index (χ0) is 21.1. The number of rotatable bonds is 7. The highest BCUT2D eigenvalue weighted by atomic mass is 79.9. The van der Waals surface area contributed by atoms with E-state index in [-0.39, 0.29) is 6.79 Å². The summed E-state index contributed by atoms with van der Waals surface area (Å²) in [5.74, 6) is 1.80. The number of fused-ring (bicyclic) bond motifs is 2. The van der Waals surface area contributed by atoms with E-state index in [9.17, 15) is 0 Å². The molecule has 0 amide bonds. The van der Waals surface area contributed by atoms with Gasteiger partial charge in [-0.25, -0.2) is 0 Å². The topological polar surface area (TPSA) is 27.7 Å². The minimum atomic E-state index is 0.220. The number of aryl methyl sites for hydroxylation is 2. The molecule has 0 N–H and O–H groups in total. The maximum Gasteiger partial charge on any atom is 0.188 e. The molecule has 0 aromatic heterocycles. The lowest BCUT2D eigenvalue weighted by Crippen LogP contribution is -2.13. The molecule has 2 aromatic carbocycles. The molecule has 0 heterocycles. The summed E-state index contributed by atoms with van der Waals surface area (Å²) in [7, 11) is 1.66. The largest absolute Gasteiger partial charge is 0.491 e. The smallest absolute Gasteiger partial charge is 0.188 e. The first kappa shape index (κ1) is 22.6. The van der Waals surface area contributed by atoms with Gasteiger partial charge in [-0.3, -0.25) is 0 Å². The Morgan fingerprint density at radius 1 is 0.767 bits per heavy atom. The monoisotopic (exact) mass is 600 g/mol. The fourth-order valence-electron chi connectivity index (χ4n) is 4.77. The van der Waals surface area contributed by atoms with Gasteiger partial charge in [0.2, 0.25) is 0 Å². The number of methoxy groups -OCH3 is 1. The normalized spacial score (nSPS) is 15.5. The molecular weight excluding hydrogens is 576 g/mol. The Hall–Kier alpha value is -0.560. The molecule has 0 radical (unpaired) electrons. The summed E-state index contributed by atoms with van der Waals surface area (Å²) >= 11 is 11.2. The quantitative estimate of drug-likeness (QED) is 0.244. The second-order valence-corrected chi connectivity index (χ2v) is 10.4. The maximum absolute atomic E-state index is 6.33. The van der Waals surface area contributed by atoms with E-state index >= 15 is 0 Å². The molecule has 3 nitrogen and oxygen atoms in total. The highest BCUT2D eigenvalue weighted by Gasteiger charge is 2.29. The van der Waals surface area contributed by atoms with Crippen molar-refractivity contribution in [1.29, 1.82) is 0 Å². The molecule has 2 aliphatic rings. The molecule has 0 spiro atoms. The van der Waals surface area contributed by atoms with Crippen LogP contribution in [0.2, 0.25) is 0 Å². The molecule has 4 rings (SSSR count). The van der Waals surface area contributed by atoms with Crippen LogP contribution in [0.25, 0.3) is 11.1 Å². The Kier molecular flexibility index (Phi) is 7.82. The van der Waals surface area contributed by atoms with Crippen LogP contribution in [0.3, 0.4) is 0 Å². The summed E-state index contributed by atoms with van der Waals surface area (Å²) in [6.45, 7) is 0.840. The molecule has 30 heavy (non-hydrogen) atoms. The van der Waals surface area contributed by atoms with Gasteiger partial charge in [-0.05, 0) is 118 Å². The van der Waals surface area contributed by atoms with Crippen molar-refractivity contribution in [2.24, 2.45) is 0 Å². The zero-order valence-corrected chi connectivity index (χ0v) is 22.0. The van der Waals surface area contributed by atoms with Crippen molar-refractivity contribution in [3.63, 3.8) is 0 Å². The van der Waals surface area contributed by atoms with E-state index in [4.69, 9.17) is 14.2 Å². The molecule has 6 heteroatoms. The van der Waals surface area contributed by atoms with E-state index in [0.717, 1.165) is 51.5 Å². The molecule has 2 aliphatic carbocycles. The fraction of sp³-hybridized carbons (Fsp3) is 0.500. The van der Waals surface area contributed by atoms with E-state index in [1.807, 2.05) is 0 Å². The van der Waals surface area contributed by atoms with Crippen molar-refractivity contribution in [1.82, 2.24) is 0 Å². The number of hydrogen-bond acceptors (Lipinski definition) is 3. The predicted molar refractivity (Wildman–Crippen MR) is 132 cm³/mol. The van der Waals surface area contributed by atoms with Crippen LogP contribution in [-0.4, -0.2) is 25.8 Å². The van der Waals surface area contributed by atoms with Crippen LogP contribution in [0.1, 0.15) is 47.9 Å². The number of ether oxygens (including phenoxy) is 3. The van der Waals surface area contributed by atoms with Crippen LogP contribution in [0.4, 0.5) is 0 Å². The Morgan fingerprint density at radius 2 is 1.27 bits per heavy atom. The second-order valence-electron chi connectivity index (χ2n) is 7.90. The lowest BCUT2D eigenvalue weighted by atomic mass is 9.80. The van der Waals surface area contributed by atoms with Crippen LogP contribution in [-0.2, 0) is 30.4 Å². The first-order valence-corrected chi connectivity index (χ1v) is 13.4. The van der Waals surface area contributed by atoms with Crippen molar-refractivity contribution in [3.05, 3.63) is 43.3 Å². The molecule has 0 atom stereocenters. The molecule has 2 aromatic rings. The Morgan fingerprint density at radius 3 is 1.77 bits per heavy atom. The summed E-state index contributed by atoms with van der Waals surface area (Å²) < 4.78 is 19.8. The van der Waals surface area contributed by atoms with Gasteiger partial charge in [-0.1, -0.05) is 15.9 Å². The van der Waals surface area contributed by atoms with E-state index < -0.39 is 0 Å². The van der Waals surface area contributed by atoms with Gasteiger partial charge in [-0.15, -0.1) is 0 Å². The predicted octanol–water partition coefficient (Wildman–Crippen LogP) is 7.39. The number of alkyl halides is 1. The SMILES string of the molecule is COCOc1c(Br)cc2c(c1-c1c3c(cc(Br)c1OCCBr)CCCC3)CCCC2. The minimum Gasteiger partial charge on any atom is -0.491 e. The van der Waals surface area contributed by atoms with Gasteiger partial charge in [0.25, 0.3) is 0 Å². The van der Waals surface area contributed by atoms with Gasteiger partial charge in [0.05, 0.1) is 15.6 Å². The lowest BCUT2D eigenvalue weighted by molar-refractivity contribution is 0.0509. The van der Waals surface area contributed by atoms with E-state index in [1.165, 1.54) is 59.1 Å². The van der Waals surface area contributed by atoms with Crippen LogP contribution in [0.15, 0.2) is 21.1 Å². The van der Waals surface area contributed by atoms with Gasteiger partial charge in [0, 0.05) is 23.6 Å². The molecular formula is C24H27Br3O3. The first-order valence-electron chi connectivity index (χ1n) is 10.6. The highest BCUT2D eigenvalue weighted by Crippen LogP contribution is 2.51. The summed E-state index contributed by atoms with van der Waals surface area (Å²) in [5.41, 5.74) is 8.08. The Labute approximate surface area is 204 Å². The zero-order valence-electron chi connectivity index (χ0n) is 17.3. The Balaban J connectivity index is 2.03. The summed E-state index contributed by atoms with van der Waals surface area (Å²) in [6, 6.07) is 4.51. The van der Waals surface area contributed by atoms with Crippen LogP contribution >= 0.6 is 47.8 Å². The number of benzene rings is 2. The average molecular weight is 603 g/mol.